The molecule has 1 aliphatic heterocycles. The van der Waals surface area contributed by atoms with Crippen molar-refractivity contribution in [2.75, 3.05) is 13.1 Å². The Kier molecular flexibility index (Phi) is 2.68. The molecule has 1 atom stereocenters. The Morgan fingerprint density at radius 2 is 2.31 bits per heavy atom. The van der Waals surface area contributed by atoms with Gasteiger partial charge in [0, 0.05) is 24.0 Å². The van der Waals surface area contributed by atoms with Crippen LogP contribution in [0.25, 0.3) is 11.4 Å². The number of nitrogens with one attached hydrogen (secondary N) is 1. The molecule has 3 rings (SSSR count). The van der Waals surface area contributed by atoms with Crippen molar-refractivity contribution in [3.8, 4) is 11.4 Å². The minimum atomic E-state index is 0.600. The van der Waals surface area contributed by atoms with Crippen LogP contribution in [0.2, 0.25) is 0 Å². The molecule has 3 heterocycles. The highest BCUT2D eigenvalue weighted by molar-refractivity contribution is 7.10. The van der Waals surface area contributed by atoms with Crippen LogP contribution in [-0.2, 0) is 0 Å². The summed E-state index contributed by atoms with van der Waals surface area (Å²) >= 11 is 1.75. The quantitative estimate of drug-likeness (QED) is 0.861. The fourth-order valence-electron chi connectivity index (χ4n) is 1.97. The molecule has 0 aromatic carbocycles. The lowest BCUT2D eigenvalue weighted by Gasteiger charge is -2.01. The van der Waals surface area contributed by atoms with E-state index in [1.807, 2.05) is 24.4 Å². The highest BCUT2D eigenvalue weighted by atomic mass is 32.1. The first-order valence-corrected chi connectivity index (χ1v) is 6.39. The second-order valence-electron chi connectivity index (χ2n) is 3.98. The van der Waals surface area contributed by atoms with Crippen LogP contribution >= 0.6 is 11.3 Å². The Morgan fingerprint density at radius 3 is 3.06 bits per heavy atom. The van der Waals surface area contributed by atoms with Crippen molar-refractivity contribution in [1.29, 1.82) is 0 Å². The van der Waals surface area contributed by atoms with E-state index in [2.05, 4.69) is 20.7 Å². The normalized spacial score (nSPS) is 20.1. The van der Waals surface area contributed by atoms with Gasteiger partial charge in [0.05, 0.1) is 16.4 Å². The van der Waals surface area contributed by atoms with Crippen LogP contribution in [0.15, 0.2) is 29.8 Å². The van der Waals surface area contributed by atoms with Gasteiger partial charge in [-0.05, 0) is 25.1 Å². The maximum Gasteiger partial charge on any atom is 0.0998 e. The van der Waals surface area contributed by atoms with E-state index >= 15 is 0 Å². The van der Waals surface area contributed by atoms with Crippen LogP contribution in [0.4, 0.5) is 0 Å². The number of rotatable bonds is 2. The van der Waals surface area contributed by atoms with E-state index in [-0.39, 0.29) is 0 Å². The summed E-state index contributed by atoms with van der Waals surface area (Å²) in [7, 11) is 0. The Morgan fingerprint density at radius 1 is 1.31 bits per heavy atom. The summed E-state index contributed by atoms with van der Waals surface area (Å²) in [5, 5.41) is 6.72. The number of hydrogen-bond acceptors (Lipinski definition) is 4. The SMILES string of the molecule is c1ccc(-c2csc(C3CCNC3)n2)nc1. The minimum absolute atomic E-state index is 0.600. The van der Waals surface area contributed by atoms with Crippen LogP contribution in [0, 0.1) is 0 Å². The van der Waals surface area contributed by atoms with Gasteiger partial charge in [0.25, 0.3) is 0 Å². The summed E-state index contributed by atoms with van der Waals surface area (Å²) < 4.78 is 0. The Bertz CT molecular complexity index is 460. The average molecular weight is 231 g/mol. The standard InChI is InChI=1S/C12H13N3S/c1-2-5-14-10(3-1)11-8-16-12(15-11)9-4-6-13-7-9/h1-3,5,8-9,13H,4,6-7H2. The average Bonchev–Trinajstić information content (AvgIpc) is 3.01. The van der Waals surface area contributed by atoms with E-state index in [1.165, 1.54) is 11.4 Å². The van der Waals surface area contributed by atoms with Crippen molar-refractivity contribution >= 4 is 11.3 Å². The molecule has 0 amide bonds. The Hall–Kier alpha value is -1.26. The zero-order valence-corrected chi connectivity index (χ0v) is 9.70. The first-order chi connectivity index (χ1) is 7.93. The molecule has 0 spiro atoms. The first kappa shape index (κ1) is 9.93. The summed E-state index contributed by atoms with van der Waals surface area (Å²) in [5.74, 6) is 0.600. The third-order valence-electron chi connectivity index (χ3n) is 2.86. The number of hydrogen-bond donors (Lipinski definition) is 1. The number of pyridine rings is 1. The van der Waals surface area contributed by atoms with Gasteiger partial charge in [-0.15, -0.1) is 11.3 Å². The number of thiazole rings is 1. The van der Waals surface area contributed by atoms with Gasteiger partial charge in [-0.2, -0.15) is 0 Å². The summed E-state index contributed by atoms with van der Waals surface area (Å²) in [4.78, 5) is 9.00. The number of nitrogens with zero attached hydrogens (tertiary/aromatic N) is 2. The Balaban J connectivity index is 1.87. The van der Waals surface area contributed by atoms with Crippen molar-refractivity contribution in [3.05, 3.63) is 34.8 Å². The maximum absolute atomic E-state index is 4.68. The third-order valence-corrected chi connectivity index (χ3v) is 3.87. The molecule has 4 heteroatoms. The lowest BCUT2D eigenvalue weighted by atomic mass is 10.1. The van der Waals surface area contributed by atoms with Crippen molar-refractivity contribution in [2.45, 2.75) is 12.3 Å². The smallest absolute Gasteiger partial charge is 0.0998 e. The molecule has 0 aliphatic carbocycles. The molecule has 2 aromatic heterocycles. The van der Waals surface area contributed by atoms with E-state index in [0.717, 1.165) is 24.5 Å². The largest absolute Gasteiger partial charge is 0.316 e. The lowest BCUT2D eigenvalue weighted by molar-refractivity contribution is 0.756. The summed E-state index contributed by atoms with van der Waals surface area (Å²) in [6, 6.07) is 5.93. The zero-order chi connectivity index (χ0) is 10.8. The van der Waals surface area contributed by atoms with Crippen LogP contribution in [0.3, 0.4) is 0 Å². The molecule has 0 saturated carbocycles. The molecule has 16 heavy (non-hydrogen) atoms. The van der Waals surface area contributed by atoms with E-state index in [4.69, 9.17) is 0 Å². The zero-order valence-electron chi connectivity index (χ0n) is 8.89. The molecular formula is C12H13N3S. The van der Waals surface area contributed by atoms with Gasteiger partial charge in [-0.3, -0.25) is 4.98 Å². The summed E-state index contributed by atoms with van der Waals surface area (Å²) in [5.41, 5.74) is 1.98. The second kappa shape index (κ2) is 4.31. The molecule has 82 valence electrons. The summed E-state index contributed by atoms with van der Waals surface area (Å²) in [6.45, 7) is 2.18. The van der Waals surface area contributed by atoms with E-state index in [1.54, 1.807) is 11.3 Å². The van der Waals surface area contributed by atoms with Gasteiger partial charge in [-0.1, -0.05) is 6.07 Å². The number of aromatic nitrogens is 2. The van der Waals surface area contributed by atoms with Crippen LogP contribution in [-0.4, -0.2) is 23.1 Å². The molecule has 2 aromatic rings. The van der Waals surface area contributed by atoms with Crippen LogP contribution in [0.5, 0.6) is 0 Å². The predicted molar refractivity (Wildman–Crippen MR) is 65.6 cm³/mol. The third kappa shape index (κ3) is 1.86. The van der Waals surface area contributed by atoms with Crippen LogP contribution < -0.4 is 5.32 Å². The van der Waals surface area contributed by atoms with Crippen molar-refractivity contribution in [1.82, 2.24) is 15.3 Å². The summed E-state index contributed by atoms with van der Waals surface area (Å²) in [6.07, 6.45) is 3.01. The fourth-order valence-corrected chi connectivity index (χ4v) is 2.92. The highest BCUT2D eigenvalue weighted by Crippen LogP contribution is 2.28. The van der Waals surface area contributed by atoms with Crippen molar-refractivity contribution < 1.29 is 0 Å². The van der Waals surface area contributed by atoms with Gasteiger partial charge in [0.15, 0.2) is 0 Å². The lowest BCUT2D eigenvalue weighted by Crippen LogP contribution is -2.07. The van der Waals surface area contributed by atoms with Crippen LogP contribution in [0.1, 0.15) is 17.3 Å². The molecular weight excluding hydrogens is 218 g/mol. The monoisotopic (exact) mass is 231 g/mol. The molecule has 1 saturated heterocycles. The first-order valence-electron chi connectivity index (χ1n) is 5.51. The maximum atomic E-state index is 4.68. The van der Waals surface area contributed by atoms with Gasteiger partial charge >= 0.3 is 0 Å². The molecule has 0 radical (unpaired) electrons. The molecule has 0 bridgehead atoms. The second-order valence-corrected chi connectivity index (χ2v) is 4.87. The molecule has 1 aliphatic rings. The van der Waals surface area contributed by atoms with Gasteiger partial charge < -0.3 is 5.32 Å². The van der Waals surface area contributed by atoms with Gasteiger partial charge in [-0.25, -0.2) is 4.98 Å². The van der Waals surface area contributed by atoms with Crippen molar-refractivity contribution in [3.63, 3.8) is 0 Å². The minimum Gasteiger partial charge on any atom is -0.316 e. The van der Waals surface area contributed by atoms with E-state index in [0.29, 0.717) is 5.92 Å². The molecule has 1 unspecified atom stereocenters. The molecule has 3 nitrogen and oxygen atoms in total. The molecule has 1 N–H and O–H groups in total. The Labute approximate surface area is 98.6 Å². The predicted octanol–water partition coefficient (Wildman–Crippen LogP) is 2.28. The van der Waals surface area contributed by atoms with Gasteiger partial charge in [0.2, 0.25) is 0 Å². The molecule has 1 fully saturated rings. The fraction of sp³-hybridized carbons (Fsp3) is 0.333. The van der Waals surface area contributed by atoms with E-state index in [9.17, 15) is 0 Å². The van der Waals surface area contributed by atoms with Gasteiger partial charge in [0.1, 0.15) is 0 Å². The van der Waals surface area contributed by atoms with E-state index < -0.39 is 0 Å². The highest BCUT2D eigenvalue weighted by Gasteiger charge is 2.20. The topological polar surface area (TPSA) is 37.8 Å². The van der Waals surface area contributed by atoms with Crippen molar-refractivity contribution in [2.24, 2.45) is 0 Å².